The van der Waals surface area contributed by atoms with Crippen molar-refractivity contribution in [1.29, 1.82) is 0 Å². The fraction of sp³-hybridized carbons (Fsp3) is 0.111. The third-order valence-electron chi connectivity index (χ3n) is 5.18. The average Bonchev–Trinajstić information content (AvgIpc) is 2.85. The maximum Gasteiger partial charge on any atom is 0.416 e. The van der Waals surface area contributed by atoms with Gasteiger partial charge in [0, 0.05) is 17.8 Å². The smallest absolute Gasteiger partial charge is 0.416 e. The summed E-state index contributed by atoms with van der Waals surface area (Å²) in [4.78, 5) is 23.3. The molecule has 0 atom stereocenters. The summed E-state index contributed by atoms with van der Waals surface area (Å²) in [5, 5.41) is 2.57. The molecule has 1 amide bonds. The summed E-state index contributed by atoms with van der Waals surface area (Å²) < 4.78 is 82.8. The van der Waals surface area contributed by atoms with E-state index < -0.39 is 29.4 Å². The summed E-state index contributed by atoms with van der Waals surface area (Å²) >= 11 is 0. The molecule has 10 heteroatoms. The van der Waals surface area contributed by atoms with Crippen LogP contribution in [0.5, 0.6) is 5.75 Å². The van der Waals surface area contributed by atoms with Crippen LogP contribution < -0.4 is 10.1 Å². The van der Waals surface area contributed by atoms with Gasteiger partial charge in [0.25, 0.3) is 0 Å². The van der Waals surface area contributed by atoms with Crippen LogP contribution >= 0.6 is 0 Å². The van der Waals surface area contributed by atoms with Crippen LogP contribution in [0.1, 0.15) is 32.6 Å². The van der Waals surface area contributed by atoms with Gasteiger partial charge < -0.3 is 10.1 Å². The van der Waals surface area contributed by atoms with E-state index in [9.17, 15) is 35.9 Å². The highest BCUT2D eigenvalue weighted by atomic mass is 19.4. The van der Waals surface area contributed by atoms with Crippen molar-refractivity contribution in [2.24, 2.45) is 0 Å². The molecule has 4 nitrogen and oxygen atoms in total. The van der Waals surface area contributed by atoms with E-state index in [1.165, 1.54) is 61.7 Å². The Hall–Kier alpha value is -4.34. The molecular weight excluding hydrogens is 500 g/mol. The largest absolute Gasteiger partial charge is 0.496 e. The Balaban J connectivity index is 1.90. The molecule has 0 saturated carbocycles. The molecule has 0 radical (unpaired) electrons. The van der Waals surface area contributed by atoms with Gasteiger partial charge in [0.2, 0.25) is 5.91 Å². The highest BCUT2D eigenvalue weighted by molar-refractivity contribution is 6.00. The molecule has 0 bridgehead atoms. The zero-order chi connectivity index (χ0) is 27.2. The minimum absolute atomic E-state index is 0.253. The summed E-state index contributed by atoms with van der Waals surface area (Å²) in [6, 6.07) is 12.6. The highest BCUT2D eigenvalue weighted by Crippen LogP contribution is 2.33. The van der Waals surface area contributed by atoms with Gasteiger partial charge in [-0.3, -0.25) is 9.59 Å². The molecule has 0 unspecified atom stereocenters. The van der Waals surface area contributed by atoms with E-state index in [2.05, 4.69) is 5.32 Å². The van der Waals surface area contributed by atoms with Gasteiger partial charge in [-0.2, -0.15) is 26.3 Å². The average molecular weight is 519 g/mol. The monoisotopic (exact) mass is 519 g/mol. The minimum atomic E-state index is -4.55. The Kier molecular flexibility index (Phi) is 8.21. The van der Waals surface area contributed by atoms with Crippen molar-refractivity contribution in [2.45, 2.75) is 12.4 Å². The molecular formula is C27H19F6NO3. The molecule has 0 fully saturated rings. The molecule has 37 heavy (non-hydrogen) atoms. The van der Waals surface area contributed by atoms with Crippen molar-refractivity contribution in [3.05, 3.63) is 113 Å². The van der Waals surface area contributed by atoms with E-state index in [1.807, 2.05) is 0 Å². The predicted molar refractivity (Wildman–Crippen MR) is 126 cm³/mol. The Bertz CT molecular complexity index is 1260. The summed E-state index contributed by atoms with van der Waals surface area (Å²) in [7, 11) is 1.36. The summed E-state index contributed by atoms with van der Waals surface area (Å²) in [5.41, 5.74) is -0.242. The van der Waals surface area contributed by atoms with Crippen LogP contribution in [0, 0.1) is 0 Å². The van der Waals surface area contributed by atoms with Crippen molar-refractivity contribution in [3.63, 3.8) is 0 Å². The summed E-state index contributed by atoms with van der Waals surface area (Å²) in [5.74, 6) is -0.320. The molecule has 3 aromatic rings. The van der Waals surface area contributed by atoms with E-state index in [4.69, 9.17) is 4.74 Å². The van der Waals surface area contributed by atoms with Crippen LogP contribution in [0.4, 0.5) is 32.0 Å². The number of benzene rings is 3. The first-order valence-corrected chi connectivity index (χ1v) is 10.6. The molecule has 0 heterocycles. The fourth-order valence-corrected chi connectivity index (χ4v) is 3.34. The van der Waals surface area contributed by atoms with Crippen molar-refractivity contribution < 1.29 is 40.7 Å². The van der Waals surface area contributed by atoms with Crippen LogP contribution in [0.25, 0.3) is 5.57 Å². The van der Waals surface area contributed by atoms with Crippen LogP contribution in [0.15, 0.2) is 85.0 Å². The second-order valence-electron chi connectivity index (χ2n) is 7.65. The molecule has 0 aliphatic rings. The number of hydrogen-bond acceptors (Lipinski definition) is 3. The molecule has 3 aromatic carbocycles. The number of ether oxygens (including phenoxy) is 1. The van der Waals surface area contributed by atoms with E-state index >= 15 is 0 Å². The molecule has 192 valence electrons. The number of allylic oxidation sites excluding steroid dienone is 2. The quantitative estimate of drug-likeness (QED) is 0.156. The van der Waals surface area contributed by atoms with Crippen LogP contribution in [0.2, 0.25) is 0 Å². The lowest BCUT2D eigenvalue weighted by Gasteiger charge is -2.12. The molecule has 0 spiro atoms. The van der Waals surface area contributed by atoms with E-state index in [0.29, 0.717) is 28.7 Å². The highest BCUT2D eigenvalue weighted by Gasteiger charge is 2.31. The number of amides is 1. The third kappa shape index (κ3) is 7.09. The molecule has 1 N–H and O–H groups in total. The molecule has 3 rings (SSSR count). The number of aldehydes is 1. The Morgan fingerprint density at radius 1 is 0.811 bits per heavy atom. The standard InChI is InChI=1S/C27H19F6NO3/c1-37-24-15-22(14-9-19(24)16-35)34-25(36)4-2-3-23(17-5-10-20(11-6-17)26(28,29)30)18-7-12-21(13-8-18)27(31,32)33/h2-16H,1H3,(H,34,36). The predicted octanol–water partition coefficient (Wildman–Crippen LogP) is 7.17. The van der Waals surface area contributed by atoms with Crippen LogP contribution in [-0.2, 0) is 17.1 Å². The maximum absolute atomic E-state index is 13.0. The van der Waals surface area contributed by atoms with Gasteiger partial charge in [-0.1, -0.05) is 36.4 Å². The second kappa shape index (κ2) is 11.2. The lowest BCUT2D eigenvalue weighted by molar-refractivity contribution is -0.138. The number of alkyl halides is 6. The fourth-order valence-electron chi connectivity index (χ4n) is 3.34. The van der Waals surface area contributed by atoms with Crippen LogP contribution in [0.3, 0.4) is 0 Å². The van der Waals surface area contributed by atoms with E-state index in [0.717, 1.165) is 30.3 Å². The Morgan fingerprint density at radius 3 is 1.76 bits per heavy atom. The Morgan fingerprint density at radius 2 is 1.32 bits per heavy atom. The van der Waals surface area contributed by atoms with Gasteiger partial charge in [-0.15, -0.1) is 0 Å². The van der Waals surface area contributed by atoms with Gasteiger partial charge in [0.1, 0.15) is 5.75 Å². The lowest BCUT2D eigenvalue weighted by atomic mass is 9.95. The van der Waals surface area contributed by atoms with E-state index in [1.54, 1.807) is 0 Å². The molecule has 0 saturated heterocycles. The maximum atomic E-state index is 13.0. The number of anilines is 1. The second-order valence-corrected chi connectivity index (χ2v) is 7.65. The molecule has 0 aliphatic heterocycles. The first-order valence-electron chi connectivity index (χ1n) is 10.6. The summed E-state index contributed by atoms with van der Waals surface area (Å²) in [6.45, 7) is 0. The minimum Gasteiger partial charge on any atom is -0.496 e. The first kappa shape index (κ1) is 27.3. The van der Waals surface area contributed by atoms with Gasteiger partial charge in [-0.25, -0.2) is 0 Å². The zero-order valence-corrected chi connectivity index (χ0v) is 19.2. The number of carbonyl (C=O) groups is 2. The van der Waals surface area contributed by atoms with Crippen LogP contribution in [-0.4, -0.2) is 19.3 Å². The van der Waals surface area contributed by atoms with Gasteiger partial charge >= 0.3 is 12.4 Å². The van der Waals surface area contributed by atoms with Gasteiger partial charge in [-0.05, 0) is 53.1 Å². The number of rotatable bonds is 7. The van der Waals surface area contributed by atoms with Crippen molar-refractivity contribution in [1.82, 2.24) is 0 Å². The summed E-state index contributed by atoms with van der Waals surface area (Å²) in [6.07, 6.45) is -4.66. The topological polar surface area (TPSA) is 55.4 Å². The Labute approximate surface area is 207 Å². The van der Waals surface area contributed by atoms with Crippen molar-refractivity contribution in [2.75, 3.05) is 12.4 Å². The number of carbonyl (C=O) groups excluding carboxylic acids is 2. The van der Waals surface area contributed by atoms with Gasteiger partial charge in [0.05, 0.1) is 23.8 Å². The molecule has 0 aromatic heterocycles. The van der Waals surface area contributed by atoms with E-state index in [-0.39, 0.29) is 11.3 Å². The normalized spacial score (nSPS) is 11.8. The third-order valence-corrected chi connectivity index (χ3v) is 5.18. The first-order chi connectivity index (χ1) is 17.4. The number of nitrogens with one attached hydrogen (secondary N) is 1. The SMILES string of the molecule is COc1cc(NC(=O)C=CC=C(c2ccc(C(F)(F)F)cc2)c2ccc(C(F)(F)F)cc2)ccc1C=O. The molecule has 0 aliphatic carbocycles. The van der Waals surface area contributed by atoms with Crippen molar-refractivity contribution in [3.8, 4) is 5.75 Å². The lowest BCUT2D eigenvalue weighted by Crippen LogP contribution is -2.08. The van der Waals surface area contributed by atoms with Gasteiger partial charge in [0.15, 0.2) is 6.29 Å². The number of hydrogen-bond donors (Lipinski definition) is 1. The number of methoxy groups -OCH3 is 1. The zero-order valence-electron chi connectivity index (χ0n) is 19.2. The van der Waals surface area contributed by atoms with Crippen molar-refractivity contribution >= 4 is 23.5 Å². The number of halogens is 6.